The Morgan fingerprint density at radius 2 is 1.90 bits per heavy atom. The standard InChI is InChI=1S/C25H34N2O2/c1-28-25(18-27-14-13-21-8-2-3-9-22(21)17-27)19-29-24-12-6-7-20(15-24)16-26-23-10-4-5-11-23/h2-3,6-9,12,15,23,25-26H,4-5,10-11,13-14,16-19H2,1H3. The van der Waals surface area contributed by atoms with Crippen LogP contribution >= 0.6 is 0 Å². The molecule has 1 heterocycles. The van der Waals surface area contributed by atoms with Crippen molar-refractivity contribution in [2.75, 3.05) is 26.8 Å². The minimum atomic E-state index is 0.0699. The Bertz CT molecular complexity index is 773. The van der Waals surface area contributed by atoms with Gasteiger partial charge in [0, 0.05) is 39.3 Å². The molecule has 0 bridgehead atoms. The summed E-state index contributed by atoms with van der Waals surface area (Å²) in [6.45, 7) is 4.47. The monoisotopic (exact) mass is 394 g/mol. The predicted octanol–water partition coefficient (Wildman–Crippen LogP) is 4.17. The molecule has 2 aromatic rings. The molecule has 4 rings (SSSR count). The van der Waals surface area contributed by atoms with E-state index in [1.807, 2.05) is 6.07 Å². The number of nitrogens with one attached hydrogen (secondary N) is 1. The summed E-state index contributed by atoms with van der Waals surface area (Å²) in [6, 6.07) is 17.9. The third kappa shape index (κ3) is 5.81. The van der Waals surface area contributed by atoms with Gasteiger partial charge in [-0.2, -0.15) is 0 Å². The highest BCUT2D eigenvalue weighted by molar-refractivity contribution is 5.29. The molecule has 1 atom stereocenters. The zero-order chi connectivity index (χ0) is 19.9. The molecule has 1 saturated carbocycles. The average Bonchev–Trinajstić information content (AvgIpc) is 3.29. The smallest absolute Gasteiger partial charge is 0.119 e. The van der Waals surface area contributed by atoms with Gasteiger partial charge in [0.25, 0.3) is 0 Å². The van der Waals surface area contributed by atoms with Crippen LogP contribution in [0.5, 0.6) is 5.75 Å². The van der Waals surface area contributed by atoms with Crippen LogP contribution in [0.3, 0.4) is 0 Å². The maximum absolute atomic E-state index is 6.10. The van der Waals surface area contributed by atoms with Gasteiger partial charge in [0.15, 0.2) is 0 Å². The third-order valence-corrected chi connectivity index (χ3v) is 6.29. The second kappa shape index (κ2) is 10.2. The summed E-state index contributed by atoms with van der Waals surface area (Å²) in [4.78, 5) is 2.47. The third-order valence-electron chi connectivity index (χ3n) is 6.29. The summed E-state index contributed by atoms with van der Waals surface area (Å²) in [5, 5.41) is 3.68. The minimum Gasteiger partial charge on any atom is -0.491 e. The molecular weight excluding hydrogens is 360 g/mol. The topological polar surface area (TPSA) is 33.7 Å². The van der Waals surface area contributed by atoms with E-state index in [0.29, 0.717) is 12.6 Å². The zero-order valence-corrected chi connectivity index (χ0v) is 17.6. The van der Waals surface area contributed by atoms with E-state index in [-0.39, 0.29) is 6.10 Å². The lowest BCUT2D eigenvalue weighted by molar-refractivity contribution is 0.0261. The molecule has 4 heteroatoms. The highest BCUT2D eigenvalue weighted by Gasteiger charge is 2.20. The molecule has 29 heavy (non-hydrogen) atoms. The largest absolute Gasteiger partial charge is 0.491 e. The molecule has 0 amide bonds. The van der Waals surface area contributed by atoms with Crippen LogP contribution < -0.4 is 10.1 Å². The van der Waals surface area contributed by atoms with Crippen LogP contribution in [-0.4, -0.2) is 43.9 Å². The van der Waals surface area contributed by atoms with E-state index < -0.39 is 0 Å². The van der Waals surface area contributed by atoms with Crippen LogP contribution in [0.1, 0.15) is 42.4 Å². The Hall–Kier alpha value is -1.88. The maximum Gasteiger partial charge on any atom is 0.119 e. The quantitative estimate of drug-likeness (QED) is 0.692. The molecule has 0 saturated heterocycles. The van der Waals surface area contributed by atoms with Crippen LogP contribution in [0.15, 0.2) is 48.5 Å². The highest BCUT2D eigenvalue weighted by atomic mass is 16.5. The minimum absolute atomic E-state index is 0.0699. The Kier molecular flexibility index (Phi) is 7.20. The predicted molar refractivity (Wildman–Crippen MR) is 117 cm³/mol. The Morgan fingerprint density at radius 3 is 2.72 bits per heavy atom. The van der Waals surface area contributed by atoms with Crippen molar-refractivity contribution < 1.29 is 9.47 Å². The van der Waals surface area contributed by atoms with Gasteiger partial charge in [0.05, 0.1) is 0 Å². The lowest BCUT2D eigenvalue weighted by Gasteiger charge is -2.31. The van der Waals surface area contributed by atoms with Crippen LogP contribution in [0.4, 0.5) is 0 Å². The number of nitrogens with zero attached hydrogens (tertiary/aromatic N) is 1. The van der Waals surface area contributed by atoms with Crippen molar-refractivity contribution in [1.29, 1.82) is 0 Å². The van der Waals surface area contributed by atoms with Crippen molar-refractivity contribution >= 4 is 0 Å². The lowest BCUT2D eigenvalue weighted by Crippen LogP contribution is -2.39. The van der Waals surface area contributed by atoms with Gasteiger partial charge in [0.2, 0.25) is 0 Å². The first-order chi connectivity index (χ1) is 14.3. The normalized spacial score (nSPS) is 18.5. The fraction of sp³-hybridized carbons (Fsp3) is 0.520. The molecule has 1 aliphatic carbocycles. The Balaban J connectivity index is 1.25. The van der Waals surface area contributed by atoms with Gasteiger partial charge in [0.1, 0.15) is 18.5 Å². The molecule has 1 unspecified atom stereocenters. The van der Waals surface area contributed by atoms with Gasteiger partial charge in [-0.25, -0.2) is 0 Å². The summed E-state index contributed by atoms with van der Waals surface area (Å²) in [5.41, 5.74) is 4.21. The van der Waals surface area contributed by atoms with Crippen LogP contribution in [0.25, 0.3) is 0 Å². The molecule has 4 nitrogen and oxygen atoms in total. The molecule has 1 aliphatic heterocycles. The Morgan fingerprint density at radius 1 is 1.07 bits per heavy atom. The van der Waals surface area contributed by atoms with E-state index in [1.54, 1.807) is 7.11 Å². The number of benzene rings is 2. The number of fused-ring (bicyclic) bond motifs is 1. The zero-order valence-electron chi connectivity index (χ0n) is 17.6. The van der Waals surface area contributed by atoms with Gasteiger partial charge >= 0.3 is 0 Å². The van der Waals surface area contributed by atoms with E-state index in [0.717, 1.165) is 38.3 Å². The van der Waals surface area contributed by atoms with Gasteiger partial charge in [-0.3, -0.25) is 4.90 Å². The molecule has 1 fully saturated rings. The van der Waals surface area contributed by atoms with Crippen molar-refractivity contribution in [2.24, 2.45) is 0 Å². The molecule has 156 valence electrons. The van der Waals surface area contributed by atoms with Crippen LogP contribution in [-0.2, 0) is 24.2 Å². The number of rotatable bonds is 9. The van der Waals surface area contributed by atoms with Crippen LogP contribution in [0, 0.1) is 0 Å². The van der Waals surface area contributed by atoms with Gasteiger partial charge in [-0.05, 0) is 48.1 Å². The van der Waals surface area contributed by atoms with E-state index >= 15 is 0 Å². The number of hydrogen-bond acceptors (Lipinski definition) is 4. The molecular formula is C25H34N2O2. The summed E-state index contributed by atoms with van der Waals surface area (Å²) in [5.74, 6) is 0.932. The molecule has 0 spiro atoms. The maximum atomic E-state index is 6.10. The van der Waals surface area contributed by atoms with E-state index in [4.69, 9.17) is 9.47 Å². The van der Waals surface area contributed by atoms with Gasteiger partial charge in [-0.1, -0.05) is 49.2 Å². The summed E-state index contributed by atoms with van der Waals surface area (Å²) in [7, 11) is 1.79. The van der Waals surface area contributed by atoms with Gasteiger partial charge in [-0.15, -0.1) is 0 Å². The first kappa shape index (κ1) is 20.4. The molecule has 2 aliphatic rings. The number of ether oxygens (including phenoxy) is 2. The van der Waals surface area contributed by atoms with E-state index in [9.17, 15) is 0 Å². The summed E-state index contributed by atoms with van der Waals surface area (Å²) >= 11 is 0. The molecule has 1 N–H and O–H groups in total. The number of methoxy groups -OCH3 is 1. The van der Waals surface area contributed by atoms with Crippen molar-refractivity contribution in [3.8, 4) is 5.75 Å². The lowest BCUT2D eigenvalue weighted by atomic mass is 10.00. The van der Waals surface area contributed by atoms with Crippen LogP contribution in [0.2, 0.25) is 0 Å². The molecule has 0 aromatic heterocycles. The fourth-order valence-electron chi connectivity index (χ4n) is 4.52. The van der Waals surface area contributed by atoms with Crippen molar-refractivity contribution in [1.82, 2.24) is 10.2 Å². The first-order valence-corrected chi connectivity index (χ1v) is 11.1. The number of hydrogen-bond donors (Lipinski definition) is 1. The summed E-state index contributed by atoms with van der Waals surface area (Å²) in [6.07, 6.45) is 6.53. The highest BCUT2D eigenvalue weighted by Crippen LogP contribution is 2.21. The van der Waals surface area contributed by atoms with E-state index in [2.05, 4.69) is 52.7 Å². The van der Waals surface area contributed by atoms with Crippen molar-refractivity contribution in [2.45, 2.75) is 57.3 Å². The second-order valence-electron chi connectivity index (χ2n) is 8.43. The second-order valence-corrected chi connectivity index (χ2v) is 8.43. The van der Waals surface area contributed by atoms with E-state index in [1.165, 1.54) is 42.4 Å². The summed E-state index contributed by atoms with van der Waals surface area (Å²) < 4.78 is 11.8. The van der Waals surface area contributed by atoms with Crippen molar-refractivity contribution in [3.05, 3.63) is 65.2 Å². The van der Waals surface area contributed by atoms with Gasteiger partial charge < -0.3 is 14.8 Å². The Labute approximate surface area is 175 Å². The van der Waals surface area contributed by atoms with Crippen molar-refractivity contribution in [3.63, 3.8) is 0 Å². The average molecular weight is 395 g/mol. The molecule has 0 radical (unpaired) electrons. The fourth-order valence-corrected chi connectivity index (χ4v) is 4.52. The SMILES string of the molecule is COC(COc1cccc(CNC2CCCC2)c1)CN1CCc2ccccc2C1. The first-order valence-electron chi connectivity index (χ1n) is 11.1. The molecule has 2 aromatic carbocycles.